The number of nitrogens with zero attached hydrogens (tertiary/aromatic N) is 3. The van der Waals surface area contributed by atoms with E-state index in [1.165, 1.54) is 17.7 Å². The second-order valence-electron chi connectivity index (χ2n) is 4.90. The van der Waals surface area contributed by atoms with Gasteiger partial charge in [0.05, 0.1) is 0 Å². The molecule has 1 fully saturated rings. The van der Waals surface area contributed by atoms with E-state index in [2.05, 4.69) is 5.32 Å². The van der Waals surface area contributed by atoms with Crippen LogP contribution in [0.2, 0.25) is 0 Å². The number of aliphatic carboxylic acids is 1. The molecule has 2 heterocycles. The molecular formula is C12H18N4O4. The Morgan fingerprint density at radius 3 is 2.75 bits per heavy atom. The molecule has 0 saturated carbocycles. The largest absolute Gasteiger partial charge is 0.480 e. The second kappa shape index (κ2) is 5.59. The van der Waals surface area contributed by atoms with Crippen LogP contribution >= 0.6 is 0 Å². The number of piperazine rings is 1. The standard InChI is InChI=1S/C12H18N4O4/c1-14-8(5-10(17)15(2)12(14)20)7-16-4-3-13-6-9(16)11(18)19/h5,9,13H,3-4,6-7H2,1-2H3,(H,18,19). The molecule has 1 saturated heterocycles. The van der Waals surface area contributed by atoms with Crippen LogP contribution in [0.1, 0.15) is 5.69 Å². The van der Waals surface area contributed by atoms with Crippen LogP contribution in [0.25, 0.3) is 0 Å². The van der Waals surface area contributed by atoms with Crippen LogP contribution in [0.15, 0.2) is 15.7 Å². The van der Waals surface area contributed by atoms with Gasteiger partial charge < -0.3 is 10.4 Å². The molecule has 0 aliphatic carbocycles. The zero-order valence-electron chi connectivity index (χ0n) is 11.5. The number of rotatable bonds is 3. The van der Waals surface area contributed by atoms with Crippen molar-refractivity contribution in [1.29, 1.82) is 0 Å². The van der Waals surface area contributed by atoms with Crippen molar-refractivity contribution >= 4 is 5.97 Å². The number of aromatic nitrogens is 2. The van der Waals surface area contributed by atoms with Gasteiger partial charge in [-0.1, -0.05) is 0 Å². The van der Waals surface area contributed by atoms with Crippen LogP contribution < -0.4 is 16.6 Å². The van der Waals surface area contributed by atoms with Gasteiger partial charge in [-0.2, -0.15) is 0 Å². The first-order valence-electron chi connectivity index (χ1n) is 6.35. The zero-order valence-corrected chi connectivity index (χ0v) is 11.5. The Morgan fingerprint density at radius 2 is 2.10 bits per heavy atom. The van der Waals surface area contributed by atoms with Crippen LogP contribution in [0, 0.1) is 0 Å². The minimum absolute atomic E-state index is 0.264. The normalized spacial score (nSPS) is 20.0. The predicted molar refractivity (Wildman–Crippen MR) is 71.6 cm³/mol. The summed E-state index contributed by atoms with van der Waals surface area (Å²) in [6, 6.07) is 0.727. The highest BCUT2D eigenvalue weighted by molar-refractivity contribution is 5.73. The lowest BCUT2D eigenvalue weighted by atomic mass is 10.2. The molecule has 1 unspecified atom stereocenters. The topological polar surface area (TPSA) is 96.6 Å². The maximum absolute atomic E-state index is 11.8. The van der Waals surface area contributed by atoms with Gasteiger partial charge in [0, 0.05) is 52.0 Å². The number of carbonyl (C=O) groups is 1. The van der Waals surface area contributed by atoms with Crippen molar-refractivity contribution in [3.8, 4) is 0 Å². The molecule has 8 heteroatoms. The van der Waals surface area contributed by atoms with E-state index in [1.807, 2.05) is 0 Å². The third kappa shape index (κ3) is 2.66. The summed E-state index contributed by atoms with van der Waals surface area (Å²) < 4.78 is 2.40. The fraction of sp³-hybridized carbons (Fsp3) is 0.583. The molecule has 1 aliphatic rings. The van der Waals surface area contributed by atoms with E-state index in [-0.39, 0.29) is 12.1 Å². The monoisotopic (exact) mass is 282 g/mol. The Bertz CT molecular complexity index is 633. The Morgan fingerprint density at radius 1 is 1.40 bits per heavy atom. The summed E-state index contributed by atoms with van der Waals surface area (Å²) >= 11 is 0. The van der Waals surface area contributed by atoms with Gasteiger partial charge in [0.25, 0.3) is 5.56 Å². The van der Waals surface area contributed by atoms with Gasteiger partial charge in [0.15, 0.2) is 0 Å². The highest BCUT2D eigenvalue weighted by atomic mass is 16.4. The molecule has 1 aromatic heterocycles. The van der Waals surface area contributed by atoms with E-state index < -0.39 is 17.7 Å². The summed E-state index contributed by atoms with van der Waals surface area (Å²) in [7, 11) is 2.99. The molecule has 1 aliphatic heterocycles. The van der Waals surface area contributed by atoms with Gasteiger partial charge in [-0.3, -0.25) is 23.6 Å². The van der Waals surface area contributed by atoms with Crippen molar-refractivity contribution in [2.45, 2.75) is 12.6 Å². The van der Waals surface area contributed by atoms with Crippen molar-refractivity contribution in [2.75, 3.05) is 19.6 Å². The zero-order chi connectivity index (χ0) is 14.9. The molecule has 8 nitrogen and oxygen atoms in total. The lowest BCUT2D eigenvalue weighted by molar-refractivity contribution is -0.144. The summed E-state index contributed by atoms with van der Waals surface area (Å²) in [5.74, 6) is -0.911. The van der Waals surface area contributed by atoms with E-state index >= 15 is 0 Å². The van der Waals surface area contributed by atoms with Crippen LogP contribution in [-0.2, 0) is 25.4 Å². The predicted octanol–water partition coefficient (Wildman–Crippen LogP) is -2.06. The van der Waals surface area contributed by atoms with Crippen LogP contribution in [0.4, 0.5) is 0 Å². The van der Waals surface area contributed by atoms with Crippen LogP contribution in [0.5, 0.6) is 0 Å². The van der Waals surface area contributed by atoms with Gasteiger partial charge in [-0.15, -0.1) is 0 Å². The van der Waals surface area contributed by atoms with Gasteiger partial charge in [0.1, 0.15) is 6.04 Å². The van der Waals surface area contributed by atoms with Crippen molar-refractivity contribution in [1.82, 2.24) is 19.4 Å². The molecule has 2 N–H and O–H groups in total. The van der Waals surface area contributed by atoms with Gasteiger partial charge in [0.2, 0.25) is 0 Å². The van der Waals surface area contributed by atoms with Gasteiger partial charge >= 0.3 is 11.7 Å². The smallest absolute Gasteiger partial charge is 0.330 e. The van der Waals surface area contributed by atoms with E-state index in [0.717, 1.165) is 4.57 Å². The Kier molecular flexibility index (Phi) is 4.05. The Labute approximate surface area is 115 Å². The van der Waals surface area contributed by atoms with Crippen LogP contribution in [0.3, 0.4) is 0 Å². The third-order valence-corrected chi connectivity index (χ3v) is 3.63. The molecule has 0 bridgehead atoms. The minimum atomic E-state index is -0.911. The quantitative estimate of drug-likeness (QED) is 0.662. The molecule has 110 valence electrons. The molecule has 1 aromatic rings. The average Bonchev–Trinajstić information content (AvgIpc) is 2.43. The number of hydrogen-bond donors (Lipinski definition) is 2. The first kappa shape index (κ1) is 14.5. The third-order valence-electron chi connectivity index (χ3n) is 3.63. The molecule has 0 amide bonds. The van der Waals surface area contributed by atoms with E-state index in [4.69, 9.17) is 0 Å². The van der Waals surface area contributed by atoms with Crippen molar-refractivity contribution in [3.63, 3.8) is 0 Å². The maximum Gasteiger partial charge on any atom is 0.330 e. The summed E-state index contributed by atoms with van der Waals surface area (Å²) in [6.07, 6.45) is 0. The van der Waals surface area contributed by atoms with Gasteiger partial charge in [-0.05, 0) is 0 Å². The highest BCUT2D eigenvalue weighted by Crippen LogP contribution is 2.08. The Balaban J connectivity index is 2.32. The van der Waals surface area contributed by atoms with Crippen LogP contribution in [-0.4, -0.2) is 50.8 Å². The molecule has 2 rings (SSSR count). The second-order valence-corrected chi connectivity index (χ2v) is 4.90. The molecule has 0 spiro atoms. The highest BCUT2D eigenvalue weighted by Gasteiger charge is 2.28. The lowest BCUT2D eigenvalue weighted by Crippen LogP contribution is -2.55. The SMILES string of the molecule is Cn1c(CN2CCNCC2C(=O)O)cc(=O)n(C)c1=O. The summed E-state index contributed by atoms with van der Waals surface area (Å²) in [4.78, 5) is 36.5. The number of carboxylic acid groups (broad SMARTS) is 1. The van der Waals surface area contributed by atoms with E-state index in [0.29, 0.717) is 25.3 Å². The first-order chi connectivity index (χ1) is 9.41. The van der Waals surface area contributed by atoms with E-state index in [9.17, 15) is 19.5 Å². The fourth-order valence-electron chi connectivity index (χ4n) is 2.32. The van der Waals surface area contributed by atoms with Gasteiger partial charge in [-0.25, -0.2) is 4.79 Å². The number of carboxylic acids is 1. The lowest BCUT2D eigenvalue weighted by Gasteiger charge is -2.33. The summed E-state index contributed by atoms with van der Waals surface area (Å²) in [5, 5.41) is 12.2. The van der Waals surface area contributed by atoms with Crippen molar-refractivity contribution in [3.05, 3.63) is 32.6 Å². The maximum atomic E-state index is 11.8. The first-order valence-corrected chi connectivity index (χ1v) is 6.35. The fourth-order valence-corrected chi connectivity index (χ4v) is 2.32. The van der Waals surface area contributed by atoms with Crippen molar-refractivity contribution in [2.24, 2.45) is 14.1 Å². The number of nitrogens with one attached hydrogen (secondary N) is 1. The van der Waals surface area contributed by atoms with E-state index in [1.54, 1.807) is 11.9 Å². The Hall–Kier alpha value is -1.93. The average molecular weight is 282 g/mol. The molecular weight excluding hydrogens is 264 g/mol. The summed E-state index contributed by atoms with van der Waals surface area (Å²) in [6.45, 7) is 1.86. The molecule has 20 heavy (non-hydrogen) atoms. The molecule has 0 aromatic carbocycles. The summed E-state index contributed by atoms with van der Waals surface area (Å²) in [5.41, 5.74) is -0.272. The number of hydrogen-bond acceptors (Lipinski definition) is 5. The molecule has 0 radical (unpaired) electrons. The van der Waals surface area contributed by atoms with Crippen molar-refractivity contribution < 1.29 is 9.90 Å². The minimum Gasteiger partial charge on any atom is -0.480 e. The molecule has 1 atom stereocenters.